The molecule has 1 atom stereocenters. The summed E-state index contributed by atoms with van der Waals surface area (Å²) in [5.74, 6) is 0.0463. The first-order valence-electron chi connectivity index (χ1n) is 7.71. The highest BCUT2D eigenvalue weighted by atomic mass is 32.2. The maximum Gasteiger partial charge on any atom is 0.416 e. The number of carbonyl (C=O) groups is 1. The summed E-state index contributed by atoms with van der Waals surface area (Å²) in [4.78, 5) is 12.8. The Morgan fingerprint density at radius 3 is 2.69 bits per heavy atom. The topological polar surface area (TPSA) is 89.6 Å². The normalized spacial score (nSPS) is 15.8. The van der Waals surface area contributed by atoms with Gasteiger partial charge in [0.15, 0.2) is 11.5 Å². The zero-order valence-corrected chi connectivity index (χ0v) is 14.1. The standard InChI is InChI=1S/C16H14F3NO5S/c17-16(18,19)11-3-4-12(10(7-11)5-6-24-26(22)23)14(21)13-8-20-25-15(13)9-1-2-9/h3-4,7-9H,1-2,5-6H2,(H,22,23). The van der Waals surface area contributed by atoms with Gasteiger partial charge in [0.25, 0.3) is 0 Å². The molecule has 1 N–H and O–H groups in total. The van der Waals surface area contributed by atoms with Crippen LogP contribution in [0.5, 0.6) is 0 Å². The summed E-state index contributed by atoms with van der Waals surface area (Å²) in [7, 11) is 0. The van der Waals surface area contributed by atoms with E-state index in [0.717, 1.165) is 31.0 Å². The number of ketones is 1. The molecule has 1 heterocycles. The van der Waals surface area contributed by atoms with E-state index in [1.54, 1.807) is 0 Å². The lowest BCUT2D eigenvalue weighted by molar-refractivity contribution is -0.137. The Kier molecular flexibility index (Phi) is 5.26. The van der Waals surface area contributed by atoms with Crippen LogP contribution in [0.3, 0.4) is 0 Å². The third kappa shape index (κ3) is 4.19. The lowest BCUT2D eigenvalue weighted by atomic mass is 9.94. The summed E-state index contributed by atoms with van der Waals surface area (Å²) in [6.45, 7) is -0.316. The monoisotopic (exact) mass is 389 g/mol. The van der Waals surface area contributed by atoms with Crippen LogP contribution in [0.1, 0.15) is 51.6 Å². The first kappa shape index (κ1) is 18.7. The second kappa shape index (κ2) is 7.29. The van der Waals surface area contributed by atoms with Gasteiger partial charge in [0.1, 0.15) is 0 Å². The van der Waals surface area contributed by atoms with Crippen molar-refractivity contribution in [2.45, 2.75) is 31.4 Å². The summed E-state index contributed by atoms with van der Waals surface area (Å²) < 4.78 is 67.7. The van der Waals surface area contributed by atoms with Gasteiger partial charge >= 0.3 is 17.5 Å². The summed E-state index contributed by atoms with van der Waals surface area (Å²) in [5, 5.41) is 3.63. The van der Waals surface area contributed by atoms with Gasteiger partial charge in [-0.3, -0.25) is 13.5 Å². The van der Waals surface area contributed by atoms with E-state index < -0.39 is 28.9 Å². The first-order chi connectivity index (χ1) is 12.3. The Labute approximate surface area is 148 Å². The van der Waals surface area contributed by atoms with Crippen molar-refractivity contribution in [3.05, 3.63) is 52.4 Å². The third-order valence-corrected chi connectivity index (χ3v) is 4.39. The fourth-order valence-electron chi connectivity index (χ4n) is 2.63. The molecule has 0 amide bonds. The Bertz CT molecular complexity index is 845. The Morgan fingerprint density at radius 1 is 1.35 bits per heavy atom. The molecule has 140 valence electrons. The summed E-state index contributed by atoms with van der Waals surface area (Å²) in [5.41, 5.74) is -0.573. The van der Waals surface area contributed by atoms with Crippen LogP contribution in [0.4, 0.5) is 13.2 Å². The minimum Gasteiger partial charge on any atom is -0.360 e. The van der Waals surface area contributed by atoms with E-state index in [-0.39, 0.29) is 35.6 Å². The molecule has 2 aromatic rings. The molecule has 1 aliphatic rings. The molecule has 1 aliphatic carbocycles. The largest absolute Gasteiger partial charge is 0.416 e. The zero-order valence-electron chi connectivity index (χ0n) is 13.3. The van der Waals surface area contributed by atoms with E-state index in [4.69, 9.17) is 9.08 Å². The Balaban J connectivity index is 1.94. The quantitative estimate of drug-likeness (QED) is 0.576. The second-order valence-electron chi connectivity index (χ2n) is 5.87. The Hall–Kier alpha value is -2.04. The van der Waals surface area contributed by atoms with Crippen molar-refractivity contribution in [2.24, 2.45) is 0 Å². The maximum absolute atomic E-state index is 13.0. The van der Waals surface area contributed by atoms with Gasteiger partial charge in [-0.15, -0.1) is 0 Å². The van der Waals surface area contributed by atoms with E-state index in [9.17, 15) is 22.2 Å². The molecule has 0 radical (unpaired) electrons. The van der Waals surface area contributed by atoms with E-state index in [2.05, 4.69) is 9.34 Å². The molecule has 0 bridgehead atoms. The van der Waals surface area contributed by atoms with Crippen molar-refractivity contribution < 1.29 is 35.4 Å². The number of benzene rings is 1. The molecule has 10 heteroatoms. The SMILES string of the molecule is O=C(c1ccc(C(F)(F)F)cc1CCOS(=O)O)c1cnoc1C1CC1. The summed E-state index contributed by atoms with van der Waals surface area (Å²) >= 11 is -2.54. The van der Waals surface area contributed by atoms with E-state index in [1.165, 1.54) is 6.20 Å². The molecule has 0 spiro atoms. The van der Waals surface area contributed by atoms with Crippen LogP contribution in [-0.2, 0) is 28.1 Å². The molecule has 3 rings (SSSR count). The van der Waals surface area contributed by atoms with Crippen LogP contribution >= 0.6 is 0 Å². The van der Waals surface area contributed by atoms with Crippen molar-refractivity contribution in [1.82, 2.24) is 5.16 Å². The van der Waals surface area contributed by atoms with Crippen molar-refractivity contribution in [3.8, 4) is 0 Å². The summed E-state index contributed by atoms with van der Waals surface area (Å²) in [6.07, 6.45) is -1.72. The molecule has 1 saturated carbocycles. The average molecular weight is 389 g/mol. The van der Waals surface area contributed by atoms with Gasteiger partial charge in [0.2, 0.25) is 0 Å². The molecule has 1 fully saturated rings. The number of halogens is 3. The van der Waals surface area contributed by atoms with Crippen LogP contribution < -0.4 is 0 Å². The van der Waals surface area contributed by atoms with Crippen molar-refractivity contribution in [1.29, 1.82) is 0 Å². The highest BCUT2D eigenvalue weighted by Crippen LogP contribution is 2.42. The van der Waals surface area contributed by atoms with Gasteiger partial charge < -0.3 is 4.52 Å². The van der Waals surface area contributed by atoms with Gasteiger partial charge in [-0.2, -0.15) is 17.4 Å². The molecule has 1 aromatic heterocycles. The number of rotatable bonds is 7. The van der Waals surface area contributed by atoms with Gasteiger partial charge in [-0.1, -0.05) is 11.2 Å². The van der Waals surface area contributed by atoms with E-state index in [0.29, 0.717) is 5.76 Å². The van der Waals surface area contributed by atoms with Crippen LogP contribution in [0.15, 0.2) is 28.9 Å². The lowest BCUT2D eigenvalue weighted by Crippen LogP contribution is -2.12. The fraction of sp³-hybridized carbons (Fsp3) is 0.375. The number of alkyl halides is 3. The van der Waals surface area contributed by atoms with Crippen LogP contribution in [0.25, 0.3) is 0 Å². The zero-order chi connectivity index (χ0) is 18.9. The van der Waals surface area contributed by atoms with Crippen LogP contribution in [-0.4, -0.2) is 26.3 Å². The minimum absolute atomic E-state index is 0.0513. The lowest BCUT2D eigenvalue weighted by Gasteiger charge is -2.13. The average Bonchev–Trinajstić information content (AvgIpc) is 3.30. The Morgan fingerprint density at radius 2 is 2.08 bits per heavy atom. The van der Waals surface area contributed by atoms with Crippen molar-refractivity contribution in [2.75, 3.05) is 6.61 Å². The van der Waals surface area contributed by atoms with Crippen molar-refractivity contribution in [3.63, 3.8) is 0 Å². The van der Waals surface area contributed by atoms with Crippen molar-refractivity contribution >= 4 is 17.1 Å². The van der Waals surface area contributed by atoms with Gasteiger partial charge in [0, 0.05) is 11.5 Å². The number of hydrogen-bond acceptors (Lipinski definition) is 5. The number of hydrogen-bond donors (Lipinski definition) is 1. The molecule has 1 aromatic carbocycles. The van der Waals surface area contributed by atoms with Gasteiger partial charge in [-0.25, -0.2) is 0 Å². The fourth-order valence-corrected chi connectivity index (χ4v) is 2.85. The molecule has 26 heavy (non-hydrogen) atoms. The maximum atomic E-state index is 13.0. The van der Waals surface area contributed by atoms with Gasteiger partial charge in [0.05, 0.1) is 23.9 Å². The first-order valence-corrected chi connectivity index (χ1v) is 8.74. The smallest absolute Gasteiger partial charge is 0.360 e. The predicted octanol–water partition coefficient (Wildman–Crippen LogP) is 3.50. The third-order valence-electron chi connectivity index (χ3n) is 4.02. The van der Waals surface area contributed by atoms with E-state index >= 15 is 0 Å². The van der Waals surface area contributed by atoms with Crippen LogP contribution in [0, 0.1) is 0 Å². The number of aromatic nitrogens is 1. The highest BCUT2D eigenvalue weighted by Gasteiger charge is 2.34. The summed E-state index contributed by atoms with van der Waals surface area (Å²) in [6, 6.07) is 2.77. The molecule has 0 aliphatic heterocycles. The molecular formula is C16H14F3NO5S. The molecule has 6 nitrogen and oxygen atoms in total. The molecular weight excluding hydrogens is 375 g/mol. The van der Waals surface area contributed by atoms with E-state index in [1.807, 2.05) is 0 Å². The second-order valence-corrected chi connectivity index (χ2v) is 6.54. The highest BCUT2D eigenvalue weighted by molar-refractivity contribution is 7.74. The minimum atomic E-state index is -4.58. The van der Waals surface area contributed by atoms with Crippen LogP contribution in [0.2, 0.25) is 0 Å². The molecule has 1 unspecified atom stereocenters. The predicted molar refractivity (Wildman–Crippen MR) is 83.8 cm³/mol. The number of carbonyl (C=O) groups excluding carboxylic acids is 1. The van der Waals surface area contributed by atoms with Gasteiger partial charge in [-0.05, 0) is 37.0 Å². The molecule has 0 saturated heterocycles. The number of nitrogens with zero attached hydrogens (tertiary/aromatic N) is 1.